The van der Waals surface area contributed by atoms with Crippen LogP contribution in [0.2, 0.25) is 5.02 Å². The maximum absolute atomic E-state index is 6.03. The normalized spacial score (nSPS) is 12.3. The van der Waals surface area contributed by atoms with Crippen LogP contribution in [0.25, 0.3) is 0 Å². The van der Waals surface area contributed by atoms with Crippen LogP contribution >= 0.6 is 23.2 Å². The molecule has 1 atom stereocenters. The zero-order chi connectivity index (χ0) is 12.8. The molecule has 2 rings (SSSR count). The molecule has 0 aromatic heterocycles. The van der Waals surface area contributed by atoms with E-state index in [0.717, 1.165) is 11.1 Å². The Kier molecular flexibility index (Phi) is 5.06. The summed E-state index contributed by atoms with van der Waals surface area (Å²) in [5, 5.41) is 0.711. The molecule has 0 fully saturated rings. The molecule has 94 valence electrons. The van der Waals surface area contributed by atoms with Crippen molar-refractivity contribution in [3.05, 3.63) is 70.7 Å². The first kappa shape index (κ1) is 13.4. The van der Waals surface area contributed by atoms with Gasteiger partial charge >= 0.3 is 0 Å². The first-order chi connectivity index (χ1) is 8.81. The van der Waals surface area contributed by atoms with Crippen molar-refractivity contribution in [2.24, 2.45) is 0 Å². The molecule has 0 N–H and O–H groups in total. The Labute approximate surface area is 117 Å². The van der Waals surface area contributed by atoms with Gasteiger partial charge in [0, 0.05) is 10.9 Å². The first-order valence-corrected chi connectivity index (χ1v) is 6.70. The Bertz CT molecular complexity index is 485. The van der Waals surface area contributed by atoms with Gasteiger partial charge in [-0.15, -0.1) is 11.6 Å². The summed E-state index contributed by atoms with van der Waals surface area (Å²) in [4.78, 5) is 0. The molecule has 0 saturated carbocycles. The third kappa shape index (κ3) is 3.49. The van der Waals surface area contributed by atoms with E-state index in [0.29, 0.717) is 17.5 Å². The van der Waals surface area contributed by atoms with E-state index in [4.69, 9.17) is 27.9 Å². The minimum Gasteiger partial charge on any atom is -0.368 e. The van der Waals surface area contributed by atoms with E-state index in [1.807, 2.05) is 54.6 Å². The van der Waals surface area contributed by atoms with Gasteiger partial charge in [0.15, 0.2) is 0 Å². The summed E-state index contributed by atoms with van der Waals surface area (Å²) in [5.74, 6) is 0.476. The number of ether oxygens (including phenoxy) is 1. The Hall–Kier alpha value is -1.02. The van der Waals surface area contributed by atoms with Crippen molar-refractivity contribution >= 4 is 23.2 Å². The standard InChI is InChI=1S/C15H14Cl2O/c16-9-10-18-15(12-5-2-1-3-6-12)13-7-4-8-14(17)11-13/h1-8,11,15H,9-10H2. The van der Waals surface area contributed by atoms with Gasteiger partial charge in [0.05, 0.1) is 6.61 Å². The predicted molar refractivity (Wildman–Crippen MR) is 76.4 cm³/mol. The van der Waals surface area contributed by atoms with Gasteiger partial charge < -0.3 is 4.74 Å². The van der Waals surface area contributed by atoms with Crippen molar-refractivity contribution in [3.63, 3.8) is 0 Å². The van der Waals surface area contributed by atoms with E-state index in [2.05, 4.69) is 0 Å². The van der Waals surface area contributed by atoms with Crippen LogP contribution in [0.4, 0.5) is 0 Å². The maximum Gasteiger partial charge on any atom is 0.108 e. The van der Waals surface area contributed by atoms with Crippen molar-refractivity contribution in [2.45, 2.75) is 6.10 Å². The fraction of sp³-hybridized carbons (Fsp3) is 0.200. The molecular formula is C15H14Cl2O. The van der Waals surface area contributed by atoms with E-state index in [1.54, 1.807) is 0 Å². The molecule has 0 aliphatic heterocycles. The fourth-order valence-electron chi connectivity index (χ4n) is 1.84. The summed E-state index contributed by atoms with van der Waals surface area (Å²) in [6, 6.07) is 17.8. The smallest absolute Gasteiger partial charge is 0.108 e. The van der Waals surface area contributed by atoms with Crippen molar-refractivity contribution in [2.75, 3.05) is 12.5 Å². The van der Waals surface area contributed by atoms with E-state index in [-0.39, 0.29) is 6.10 Å². The second kappa shape index (κ2) is 6.79. The molecular weight excluding hydrogens is 267 g/mol. The molecule has 0 spiro atoms. The third-order valence-corrected chi connectivity index (χ3v) is 3.00. The second-order valence-electron chi connectivity index (χ2n) is 3.91. The predicted octanol–water partition coefficient (Wildman–Crippen LogP) is 4.68. The van der Waals surface area contributed by atoms with Gasteiger partial charge in [0.1, 0.15) is 6.10 Å². The Morgan fingerprint density at radius 2 is 1.67 bits per heavy atom. The highest BCUT2D eigenvalue weighted by molar-refractivity contribution is 6.30. The highest BCUT2D eigenvalue weighted by atomic mass is 35.5. The van der Waals surface area contributed by atoms with Crippen LogP contribution < -0.4 is 0 Å². The summed E-state index contributed by atoms with van der Waals surface area (Å²) in [5.41, 5.74) is 2.14. The van der Waals surface area contributed by atoms with Gasteiger partial charge in [-0.05, 0) is 23.3 Å². The number of halogens is 2. The summed E-state index contributed by atoms with van der Waals surface area (Å²) in [7, 11) is 0. The van der Waals surface area contributed by atoms with Gasteiger partial charge in [-0.3, -0.25) is 0 Å². The van der Waals surface area contributed by atoms with Crippen LogP contribution in [0.3, 0.4) is 0 Å². The average molecular weight is 281 g/mol. The maximum atomic E-state index is 6.03. The van der Waals surface area contributed by atoms with Crippen LogP contribution in [-0.2, 0) is 4.74 Å². The van der Waals surface area contributed by atoms with Crippen molar-refractivity contribution < 1.29 is 4.74 Å². The van der Waals surface area contributed by atoms with E-state index in [9.17, 15) is 0 Å². The Morgan fingerprint density at radius 3 is 2.33 bits per heavy atom. The minimum absolute atomic E-state index is 0.122. The second-order valence-corrected chi connectivity index (χ2v) is 4.72. The highest BCUT2D eigenvalue weighted by Gasteiger charge is 2.14. The quantitative estimate of drug-likeness (QED) is 0.723. The number of hydrogen-bond donors (Lipinski definition) is 0. The van der Waals surface area contributed by atoms with Gasteiger partial charge in [-0.2, -0.15) is 0 Å². The lowest BCUT2D eigenvalue weighted by atomic mass is 10.0. The summed E-state index contributed by atoms with van der Waals surface area (Å²) in [6.07, 6.45) is -0.122. The molecule has 0 aliphatic rings. The molecule has 18 heavy (non-hydrogen) atoms. The third-order valence-electron chi connectivity index (χ3n) is 2.62. The lowest BCUT2D eigenvalue weighted by Crippen LogP contribution is -2.08. The zero-order valence-corrected chi connectivity index (χ0v) is 11.4. The largest absolute Gasteiger partial charge is 0.368 e. The van der Waals surface area contributed by atoms with E-state index in [1.165, 1.54) is 0 Å². The van der Waals surface area contributed by atoms with Gasteiger partial charge in [-0.25, -0.2) is 0 Å². The van der Waals surface area contributed by atoms with Crippen molar-refractivity contribution in [3.8, 4) is 0 Å². The number of hydrogen-bond acceptors (Lipinski definition) is 1. The zero-order valence-electron chi connectivity index (χ0n) is 9.85. The van der Waals surface area contributed by atoms with Gasteiger partial charge in [0.25, 0.3) is 0 Å². The SMILES string of the molecule is ClCCOC(c1ccccc1)c1cccc(Cl)c1. The molecule has 2 aromatic rings. The number of alkyl halides is 1. The number of benzene rings is 2. The minimum atomic E-state index is -0.122. The molecule has 0 bridgehead atoms. The van der Waals surface area contributed by atoms with Gasteiger partial charge in [0.2, 0.25) is 0 Å². The Balaban J connectivity index is 2.31. The lowest BCUT2D eigenvalue weighted by molar-refractivity contribution is 0.0929. The molecule has 0 aliphatic carbocycles. The molecule has 1 unspecified atom stereocenters. The van der Waals surface area contributed by atoms with Crippen LogP contribution in [0.5, 0.6) is 0 Å². The highest BCUT2D eigenvalue weighted by Crippen LogP contribution is 2.27. The van der Waals surface area contributed by atoms with Crippen LogP contribution in [0.15, 0.2) is 54.6 Å². The molecule has 0 saturated heterocycles. The summed E-state index contributed by atoms with van der Waals surface area (Å²) < 4.78 is 5.83. The van der Waals surface area contributed by atoms with Crippen molar-refractivity contribution in [1.29, 1.82) is 0 Å². The van der Waals surface area contributed by atoms with Crippen LogP contribution in [0, 0.1) is 0 Å². The Morgan fingerprint density at radius 1 is 0.944 bits per heavy atom. The summed E-state index contributed by atoms with van der Waals surface area (Å²) >= 11 is 11.7. The molecule has 2 aromatic carbocycles. The fourth-order valence-corrected chi connectivity index (χ4v) is 2.13. The topological polar surface area (TPSA) is 9.23 Å². The molecule has 0 amide bonds. The van der Waals surface area contributed by atoms with Crippen LogP contribution in [-0.4, -0.2) is 12.5 Å². The summed E-state index contributed by atoms with van der Waals surface area (Å²) in [6.45, 7) is 0.508. The lowest BCUT2D eigenvalue weighted by Gasteiger charge is -2.18. The van der Waals surface area contributed by atoms with Gasteiger partial charge in [-0.1, -0.05) is 54.1 Å². The van der Waals surface area contributed by atoms with Crippen LogP contribution in [0.1, 0.15) is 17.2 Å². The molecule has 1 nitrogen and oxygen atoms in total. The molecule has 0 radical (unpaired) electrons. The van der Waals surface area contributed by atoms with E-state index >= 15 is 0 Å². The molecule has 0 heterocycles. The van der Waals surface area contributed by atoms with E-state index < -0.39 is 0 Å². The van der Waals surface area contributed by atoms with Crippen molar-refractivity contribution in [1.82, 2.24) is 0 Å². The first-order valence-electron chi connectivity index (χ1n) is 5.79. The number of rotatable bonds is 5. The monoisotopic (exact) mass is 280 g/mol. The molecule has 3 heteroatoms. The average Bonchev–Trinajstić information content (AvgIpc) is 2.40.